The molecule has 0 aliphatic heterocycles. The van der Waals surface area contributed by atoms with Crippen molar-refractivity contribution in [2.24, 2.45) is 0 Å². The highest BCUT2D eigenvalue weighted by molar-refractivity contribution is 6.99. The Balaban J connectivity index is 1.92. The summed E-state index contributed by atoms with van der Waals surface area (Å²) in [6.45, 7) is 9.12. The number of hydrogen-bond donors (Lipinski definition) is 1. The van der Waals surface area contributed by atoms with E-state index in [0.717, 1.165) is 5.76 Å². The summed E-state index contributed by atoms with van der Waals surface area (Å²) in [5.74, 6) is 1.41. The molecule has 0 bridgehead atoms. The van der Waals surface area contributed by atoms with Crippen LogP contribution in [0.15, 0.2) is 77.2 Å². The lowest BCUT2D eigenvalue weighted by Crippen LogP contribution is -2.66. The van der Waals surface area contributed by atoms with Crippen LogP contribution in [0.1, 0.15) is 44.8 Å². The van der Waals surface area contributed by atoms with Gasteiger partial charge in [0.25, 0.3) is 8.32 Å². The molecule has 0 saturated carbocycles. The lowest BCUT2D eigenvalue weighted by Gasteiger charge is -2.43. The smallest absolute Gasteiger partial charge is 0.261 e. The van der Waals surface area contributed by atoms with E-state index in [4.69, 9.17) is 8.84 Å². The van der Waals surface area contributed by atoms with Crippen LogP contribution in [-0.4, -0.2) is 20.0 Å². The zero-order valence-corrected chi connectivity index (χ0v) is 18.2. The van der Waals surface area contributed by atoms with Gasteiger partial charge in [0.15, 0.2) is 0 Å². The van der Waals surface area contributed by atoms with Crippen molar-refractivity contribution in [3.8, 4) is 0 Å². The first-order valence-electron chi connectivity index (χ1n) is 9.84. The molecule has 148 valence electrons. The Labute approximate surface area is 169 Å². The summed E-state index contributed by atoms with van der Waals surface area (Å²) < 4.78 is 12.4. The Hall–Kier alpha value is -2.14. The van der Waals surface area contributed by atoms with Crippen molar-refractivity contribution in [1.29, 1.82) is 0 Å². The van der Waals surface area contributed by atoms with Crippen LogP contribution in [-0.2, 0) is 4.43 Å². The minimum atomic E-state index is -2.55. The Morgan fingerprint density at radius 1 is 0.893 bits per heavy atom. The van der Waals surface area contributed by atoms with Crippen LogP contribution in [0, 0.1) is 6.92 Å². The summed E-state index contributed by atoms with van der Waals surface area (Å²) in [4.78, 5) is 0. The third kappa shape index (κ3) is 4.14. The number of aliphatic hydroxyl groups excluding tert-OH is 1. The molecule has 0 saturated heterocycles. The average Bonchev–Trinajstić information content (AvgIpc) is 3.12. The zero-order valence-electron chi connectivity index (χ0n) is 17.2. The zero-order chi connectivity index (χ0) is 20.2. The Bertz CT molecular complexity index is 826. The summed E-state index contributed by atoms with van der Waals surface area (Å²) >= 11 is 0. The maximum atomic E-state index is 10.5. The molecule has 1 aromatic heterocycles. The molecule has 1 unspecified atom stereocenters. The van der Waals surface area contributed by atoms with Crippen LogP contribution in [0.4, 0.5) is 0 Å². The molecule has 2 aromatic carbocycles. The molecule has 0 spiro atoms. The predicted octanol–water partition coefficient (Wildman–Crippen LogP) is 4.59. The highest BCUT2D eigenvalue weighted by Gasteiger charge is 2.50. The van der Waals surface area contributed by atoms with E-state index in [9.17, 15) is 5.11 Å². The predicted molar refractivity (Wildman–Crippen MR) is 117 cm³/mol. The number of hydrogen-bond acceptors (Lipinski definition) is 3. The number of aliphatic hydroxyl groups is 1. The van der Waals surface area contributed by atoms with E-state index in [2.05, 4.69) is 69.3 Å². The van der Waals surface area contributed by atoms with Gasteiger partial charge in [-0.25, -0.2) is 0 Å². The highest BCUT2D eigenvalue weighted by Crippen LogP contribution is 2.37. The van der Waals surface area contributed by atoms with Crippen molar-refractivity contribution in [3.63, 3.8) is 0 Å². The van der Waals surface area contributed by atoms with Gasteiger partial charge in [-0.15, -0.1) is 0 Å². The molecule has 1 heterocycles. The molecule has 1 N–H and O–H groups in total. The van der Waals surface area contributed by atoms with Gasteiger partial charge in [0.2, 0.25) is 0 Å². The Morgan fingerprint density at radius 2 is 1.43 bits per heavy atom. The van der Waals surface area contributed by atoms with Crippen molar-refractivity contribution in [1.82, 2.24) is 0 Å². The van der Waals surface area contributed by atoms with Gasteiger partial charge < -0.3 is 13.9 Å². The monoisotopic (exact) mass is 394 g/mol. The molecule has 3 aromatic rings. The quantitative estimate of drug-likeness (QED) is 0.596. The summed E-state index contributed by atoms with van der Waals surface area (Å²) in [6, 6.07) is 24.8. The largest absolute Gasteiger partial charge is 0.464 e. The molecule has 0 amide bonds. The third-order valence-electron chi connectivity index (χ3n) is 5.22. The third-order valence-corrected chi connectivity index (χ3v) is 10.3. The maximum Gasteiger partial charge on any atom is 0.261 e. The average molecular weight is 395 g/mol. The second-order valence-electron chi connectivity index (χ2n) is 8.26. The van der Waals surface area contributed by atoms with Crippen molar-refractivity contribution in [2.75, 3.05) is 6.61 Å². The molecule has 28 heavy (non-hydrogen) atoms. The van der Waals surface area contributed by atoms with Gasteiger partial charge in [-0.1, -0.05) is 81.4 Å². The van der Waals surface area contributed by atoms with Crippen LogP contribution >= 0.6 is 0 Å². The van der Waals surface area contributed by atoms with Crippen LogP contribution in [0.5, 0.6) is 0 Å². The van der Waals surface area contributed by atoms with Gasteiger partial charge in [-0.3, -0.25) is 0 Å². The van der Waals surface area contributed by atoms with Gasteiger partial charge in [0.1, 0.15) is 17.6 Å². The molecule has 0 fully saturated rings. The van der Waals surface area contributed by atoms with Gasteiger partial charge in [-0.05, 0) is 34.5 Å². The summed E-state index contributed by atoms with van der Waals surface area (Å²) in [5.41, 5.74) is 0. The fourth-order valence-electron chi connectivity index (χ4n) is 3.86. The van der Waals surface area contributed by atoms with Gasteiger partial charge >= 0.3 is 0 Å². The first kappa shape index (κ1) is 20.6. The fourth-order valence-corrected chi connectivity index (χ4v) is 8.44. The van der Waals surface area contributed by atoms with Crippen molar-refractivity contribution in [2.45, 2.75) is 45.3 Å². The summed E-state index contributed by atoms with van der Waals surface area (Å²) in [7, 11) is -2.55. The van der Waals surface area contributed by atoms with Crippen molar-refractivity contribution in [3.05, 3.63) is 84.3 Å². The Kier molecular flexibility index (Phi) is 6.23. The molecule has 3 rings (SSSR count). The molecule has 0 aliphatic rings. The molecular weight excluding hydrogens is 364 g/mol. The molecular formula is C24H30O3Si. The molecule has 0 radical (unpaired) electrons. The van der Waals surface area contributed by atoms with Crippen LogP contribution < -0.4 is 10.4 Å². The second-order valence-corrected chi connectivity index (χ2v) is 12.6. The first-order valence-corrected chi connectivity index (χ1v) is 11.7. The molecule has 0 aliphatic carbocycles. The number of furan rings is 1. The van der Waals surface area contributed by atoms with E-state index in [1.165, 1.54) is 10.4 Å². The lowest BCUT2D eigenvalue weighted by atomic mass is 10.2. The standard InChI is InChI=1S/C24H30O3Si/c1-19-15-16-23(27-19)22(25)17-18-26-28(24(2,3)4,20-11-7-5-8-12-20)21-13-9-6-10-14-21/h5-16,22,25H,17-18H2,1-4H3. The van der Waals surface area contributed by atoms with Crippen molar-refractivity contribution >= 4 is 18.7 Å². The first-order chi connectivity index (χ1) is 13.3. The summed E-state index contributed by atoms with van der Waals surface area (Å²) in [5, 5.41) is 12.9. The number of benzene rings is 2. The molecule has 4 heteroatoms. The van der Waals surface area contributed by atoms with E-state index in [1.807, 2.05) is 31.2 Å². The minimum Gasteiger partial charge on any atom is -0.464 e. The molecule has 3 nitrogen and oxygen atoms in total. The highest BCUT2D eigenvalue weighted by atomic mass is 28.4. The second kappa shape index (κ2) is 8.48. The van der Waals surface area contributed by atoms with Gasteiger partial charge in [0.05, 0.1) is 0 Å². The fraction of sp³-hybridized carbons (Fsp3) is 0.333. The number of rotatable bonds is 7. The topological polar surface area (TPSA) is 42.6 Å². The van der Waals surface area contributed by atoms with Gasteiger partial charge in [0, 0.05) is 13.0 Å². The van der Waals surface area contributed by atoms with Crippen LogP contribution in [0.25, 0.3) is 0 Å². The van der Waals surface area contributed by atoms with E-state index in [1.54, 1.807) is 0 Å². The van der Waals surface area contributed by atoms with E-state index >= 15 is 0 Å². The maximum absolute atomic E-state index is 10.5. The Morgan fingerprint density at radius 3 is 1.86 bits per heavy atom. The molecule has 1 atom stereocenters. The SMILES string of the molecule is Cc1ccc(C(O)CCO[Si](c2ccccc2)(c2ccccc2)C(C)(C)C)o1. The normalized spacial score (nSPS) is 13.5. The van der Waals surface area contributed by atoms with Gasteiger partial charge in [-0.2, -0.15) is 0 Å². The van der Waals surface area contributed by atoms with Crippen LogP contribution in [0.2, 0.25) is 5.04 Å². The summed E-state index contributed by atoms with van der Waals surface area (Å²) in [6.07, 6.45) is -0.163. The van der Waals surface area contributed by atoms with Crippen molar-refractivity contribution < 1.29 is 13.9 Å². The van der Waals surface area contributed by atoms with Crippen LogP contribution in [0.3, 0.4) is 0 Å². The van der Waals surface area contributed by atoms with E-state index in [-0.39, 0.29) is 5.04 Å². The lowest BCUT2D eigenvalue weighted by molar-refractivity contribution is 0.115. The van der Waals surface area contributed by atoms with E-state index < -0.39 is 14.4 Å². The number of aryl methyl sites for hydroxylation is 1. The van der Waals surface area contributed by atoms with E-state index in [0.29, 0.717) is 18.8 Å². The minimum absolute atomic E-state index is 0.0675.